The van der Waals surface area contributed by atoms with Crippen molar-refractivity contribution in [2.24, 2.45) is 5.92 Å². The molecule has 98 valence electrons. The predicted molar refractivity (Wildman–Crippen MR) is 70.1 cm³/mol. The van der Waals surface area contributed by atoms with E-state index in [1.165, 1.54) is 29.7 Å². The molecule has 0 radical (unpaired) electrons. The summed E-state index contributed by atoms with van der Waals surface area (Å²) in [5.74, 6) is 0.397. The van der Waals surface area contributed by atoms with Crippen LogP contribution in [0.3, 0.4) is 0 Å². The van der Waals surface area contributed by atoms with Gasteiger partial charge in [0.2, 0.25) is 0 Å². The third-order valence-corrected chi connectivity index (χ3v) is 4.66. The van der Waals surface area contributed by atoms with Gasteiger partial charge in [0.15, 0.2) is 0 Å². The molecule has 0 saturated heterocycles. The Hall–Kier alpha value is -0.500. The van der Waals surface area contributed by atoms with E-state index in [4.69, 9.17) is 0 Å². The topological polar surface area (TPSA) is 62.3 Å². The first-order valence-corrected chi connectivity index (χ1v) is 7.74. The van der Waals surface area contributed by atoms with E-state index in [1.54, 1.807) is 6.20 Å². The first kappa shape index (κ1) is 14.6. The lowest BCUT2D eigenvalue weighted by Gasteiger charge is -2.21. The number of nitrogens with zero attached hydrogens (tertiary/aromatic N) is 2. The molecular formula is C10H19N3O2S2. The molecule has 0 aliphatic carbocycles. The van der Waals surface area contributed by atoms with Crippen LogP contribution in [0.25, 0.3) is 0 Å². The summed E-state index contributed by atoms with van der Waals surface area (Å²) in [6.45, 7) is 4.12. The Morgan fingerprint density at radius 2 is 2.12 bits per heavy atom. The highest BCUT2D eigenvalue weighted by atomic mass is 32.2. The van der Waals surface area contributed by atoms with Crippen molar-refractivity contribution in [3.63, 3.8) is 0 Å². The van der Waals surface area contributed by atoms with Gasteiger partial charge in [-0.2, -0.15) is 17.4 Å². The molecule has 1 rings (SSSR count). The third kappa shape index (κ3) is 4.34. The molecule has 0 aliphatic rings. The van der Waals surface area contributed by atoms with Crippen molar-refractivity contribution in [1.29, 1.82) is 0 Å². The van der Waals surface area contributed by atoms with Gasteiger partial charge in [-0.3, -0.25) is 0 Å². The summed E-state index contributed by atoms with van der Waals surface area (Å²) in [6, 6.07) is -0.248. The van der Waals surface area contributed by atoms with E-state index in [2.05, 4.69) is 23.6 Å². The highest BCUT2D eigenvalue weighted by Gasteiger charge is 2.23. The van der Waals surface area contributed by atoms with Crippen LogP contribution in [0.2, 0.25) is 0 Å². The van der Waals surface area contributed by atoms with Gasteiger partial charge in [-0.25, -0.2) is 4.98 Å². The second-order valence-corrected chi connectivity index (χ2v) is 7.30. The molecule has 1 N–H and O–H groups in total. The summed E-state index contributed by atoms with van der Waals surface area (Å²) in [7, 11) is -0.398. The lowest BCUT2D eigenvalue weighted by molar-refractivity contribution is 0.446. The molecule has 0 aliphatic heterocycles. The first-order chi connectivity index (χ1) is 7.83. The van der Waals surface area contributed by atoms with E-state index < -0.39 is 10.2 Å². The number of rotatable bonds is 6. The van der Waals surface area contributed by atoms with Crippen LogP contribution in [0, 0.1) is 5.92 Å². The number of hydrogen-bond acceptors (Lipinski definition) is 4. The summed E-state index contributed by atoms with van der Waals surface area (Å²) in [5.41, 5.74) is 0. The van der Waals surface area contributed by atoms with Gasteiger partial charge in [-0.1, -0.05) is 13.8 Å². The van der Waals surface area contributed by atoms with E-state index in [0.29, 0.717) is 5.92 Å². The van der Waals surface area contributed by atoms with Crippen molar-refractivity contribution >= 4 is 21.5 Å². The molecule has 1 aromatic rings. The van der Waals surface area contributed by atoms with Crippen molar-refractivity contribution in [3.8, 4) is 0 Å². The fraction of sp³-hybridized carbons (Fsp3) is 0.700. The van der Waals surface area contributed by atoms with Gasteiger partial charge in [-0.05, 0) is 12.3 Å². The number of thiazole rings is 1. The average molecular weight is 277 g/mol. The zero-order valence-corrected chi connectivity index (χ0v) is 12.2. The number of hydrogen-bond donors (Lipinski definition) is 1. The van der Waals surface area contributed by atoms with Gasteiger partial charge in [0.1, 0.15) is 5.01 Å². The molecule has 0 amide bonds. The SMILES string of the molecule is CC(C)CC(NS(=O)(=O)N(C)C)c1nccs1. The van der Waals surface area contributed by atoms with Gasteiger partial charge in [0.25, 0.3) is 10.2 Å². The summed E-state index contributed by atoms with van der Waals surface area (Å²) >= 11 is 1.47. The Bertz CT molecular complexity index is 426. The normalized spacial score (nSPS) is 14.5. The van der Waals surface area contributed by atoms with Crippen LogP contribution in [-0.4, -0.2) is 31.8 Å². The van der Waals surface area contributed by atoms with E-state index in [-0.39, 0.29) is 6.04 Å². The van der Waals surface area contributed by atoms with Crippen LogP contribution in [0.15, 0.2) is 11.6 Å². The minimum absolute atomic E-state index is 0.248. The Morgan fingerprint density at radius 1 is 1.47 bits per heavy atom. The second kappa shape index (κ2) is 5.90. The highest BCUT2D eigenvalue weighted by Crippen LogP contribution is 2.24. The fourth-order valence-corrected chi connectivity index (χ4v) is 2.92. The molecule has 17 heavy (non-hydrogen) atoms. The largest absolute Gasteiger partial charge is 0.279 e. The lowest BCUT2D eigenvalue weighted by atomic mass is 10.1. The smallest absolute Gasteiger partial charge is 0.248 e. The van der Waals surface area contributed by atoms with Crippen LogP contribution in [0.4, 0.5) is 0 Å². The minimum Gasteiger partial charge on any atom is -0.248 e. The van der Waals surface area contributed by atoms with Crippen molar-refractivity contribution in [2.75, 3.05) is 14.1 Å². The van der Waals surface area contributed by atoms with Gasteiger partial charge in [-0.15, -0.1) is 11.3 Å². The van der Waals surface area contributed by atoms with Gasteiger partial charge in [0.05, 0.1) is 6.04 Å². The Labute approximate surface area is 107 Å². The molecule has 0 saturated carbocycles. The van der Waals surface area contributed by atoms with Gasteiger partial charge >= 0.3 is 0 Å². The van der Waals surface area contributed by atoms with Crippen molar-refractivity contribution < 1.29 is 8.42 Å². The monoisotopic (exact) mass is 277 g/mol. The number of nitrogens with one attached hydrogen (secondary N) is 1. The predicted octanol–water partition coefficient (Wildman–Crippen LogP) is 1.63. The average Bonchev–Trinajstić information content (AvgIpc) is 2.67. The zero-order valence-electron chi connectivity index (χ0n) is 10.5. The van der Waals surface area contributed by atoms with Crippen molar-refractivity contribution in [1.82, 2.24) is 14.0 Å². The van der Waals surface area contributed by atoms with Crippen molar-refractivity contribution in [2.45, 2.75) is 26.3 Å². The quantitative estimate of drug-likeness (QED) is 0.859. The maximum Gasteiger partial charge on any atom is 0.279 e. The molecule has 5 nitrogen and oxygen atoms in total. The molecule has 7 heteroatoms. The number of aromatic nitrogens is 1. The fourth-order valence-electron chi connectivity index (χ4n) is 1.36. The summed E-state index contributed by atoms with van der Waals surface area (Å²) in [6.07, 6.45) is 2.43. The molecule has 1 aromatic heterocycles. The summed E-state index contributed by atoms with van der Waals surface area (Å²) in [5, 5.41) is 2.66. The maximum absolute atomic E-state index is 11.8. The van der Waals surface area contributed by atoms with E-state index in [0.717, 1.165) is 11.4 Å². The standard InChI is InChI=1S/C10H19N3O2S2/c1-8(2)7-9(10-11-5-6-16-10)12-17(14,15)13(3)4/h5-6,8-9,12H,7H2,1-4H3. The van der Waals surface area contributed by atoms with E-state index in [9.17, 15) is 8.42 Å². The van der Waals surface area contributed by atoms with Crippen LogP contribution >= 0.6 is 11.3 Å². The molecule has 1 unspecified atom stereocenters. The Kier molecular flexibility index (Phi) is 5.05. The van der Waals surface area contributed by atoms with Crippen LogP contribution < -0.4 is 4.72 Å². The van der Waals surface area contributed by atoms with Crippen LogP contribution in [0.5, 0.6) is 0 Å². The first-order valence-electron chi connectivity index (χ1n) is 5.42. The maximum atomic E-state index is 11.8. The summed E-state index contributed by atoms with van der Waals surface area (Å²) < 4.78 is 27.5. The van der Waals surface area contributed by atoms with Crippen LogP contribution in [-0.2, 0) is 10.2 Å². The van der Waals surface area contributed by atoms with Gasteiger partial charge in [0, 0.05) is 25.7 Å². The Balaban J connectivity index is 2.86. The molecular weight excluding hydrogens is 258 g/mol. The van der Waals surface area contributed by atoms with Crippen LogP contribution in [0.1, 0.15) is 31.3 Å². The summed E-state index contributed by atoms with van der Waals surface area (Å²) in [4.78, 5) is 4.19. The molecule has 0 spiro atoms. The molecule has 0 fully saturated rings. The highest BCUT2D eigenvalue weighted by molar-refractivity contribution is 7.87. The molecule has 0 aromatic carbocycles. The van der Waals surface area contributed by atoms with Crippen molar-refractivity contribution in [3.05, 3.63) is 16.6 Å². The zero-order chi connectivity index (χ0) is 13.1. The Morgan fingerprint density at radius 3 is 2.53 bits per heavy atom. The minimum atomic E-state index is -3.42. The van der Waals surface area contributed by atoms with E-state index >= 15 is 0 Å². The van der Waals surface area contributed by atoms with E-state index in [1.807, 2.05) is 5.38 Å². The lowest BCUT2D eigenvalue weighted by Crippen LogP contribution is -2.38. The molecule has 1 heterocycles. The second-order valence-electron chi connectivity index (χ2n) is 4.46. The molecule has 0 bridgehead atoms. The third-order valence-electron chi connectivity index (χ3n) is 2.23. The van der Waals surface area contributed by atoms with Gasteiger partial charge < -0.3 is 0 Å². The molecule has 1 atom stereocenters.